The van der Waals surface area contributed by atoms with E-state index >= 15 is 0 Å². The summed E-state index contributed by atoms with van der Waals surface area (Å²) in [5, 5.41) is 9.68. The number of nitrogen functional groups attached to an aromatic ring is 1. The third-order valence-corrected chi connectivity index (χ3v) is 3.87. The molecule has 1 aliphatic carbocycles. The Kier molecular flexibility index (Phi) is 4.53. The zero-order valence-electron chi connectivity index (χ0n) is 12.3. The maximum atomic E-state index is 12.7. The molecule has 20 heavy (non-hydrogen) atoms. The Morgan fingerprint density at radius 3 is 2.60 bits per heavy atom. The Morgan fingerprint density at radius 1 is 1.40 bits per heavy atom. The maximum absolute atomic E-state index is 12.7. The minimum Gasteiger partial charge on any atom is -0.506 e. The van der Waals surface area contributed by atoms with Gasteiger partial charge in [-0.05, 0) is 37.0 Å². The summed E-state index contributed by atoms with van der Waals surface area (Å²) in [7, 11) is 0. The lowest BCUT2D eigenvalue weighted by Crippen LogP contribution is -2.41. The topological polar surface area (TPSA) is 66.6 Å². The molecule has 1 aromatic rings. The van der Waals surface area contributed by atoms with Crippen LogP contribution < -0.4 is 5.73 Å². The van der Waals surface area contributed by atoms with Gasteiger partial charge in [-0.3, -0.25) is 4.79 Å². The fraction of sp³-hybridized carbons (Fsp3) is 0.562. The Morgan fingerprint density at radius 2 is 2.05 bits per heavy atom. The van der Waals surface area contributed by atoms with Crippen LogP contribution in [0.15, 0.2) is 18.2 Å². The third-order valence-electron chi connectivity index (χ3n) is 3.87. The van der Waals surface area contributed by atoms with Crippen LogP contribution in [0.25, 0.3) is 0 Å². The molecule has 0 saturated heterocycles. The van der Waals surface area contributed by atoms with Crippen LogP contribution in [0.2, 0.25) is 0 Å². The number of aromatic hydroxyl groups is 1. The third kappa shape index (κ3) is 3.24. The molecule has 0 radical (unpaired) electrons. The molecule has 1 fully saturated rings. The van der Waals surface area contributed by atoms with Crippen LogP contribution in [-0.4, -0.2) is 28.5 Å². The molecule has 1 aliphatic rings. The molecule has 4 heteroatoms. The van der Waals surface area contributed by atoms with Gasteiger partial charge in [0.25, 0.3) is 5.91 Å². The van der Waals surface area contributed by atoms with E-state index in [1.54, 1.807) is 12.1 Å². The van der Waals surface area contributed by atoms with Gasteiger partial charge in [0.1, 0.15) is 5.75 Å². The predicted molar refractivity (Wildman–Crippen MR) is 80.6 cm³/mol. The Labute approximate surface area is 120 Å². The van der Waals surface area contributed by atoms with E-state index in [1.165, 1.54) is 18.9 Å². The monoisotopic (exact) mass is 276 g/mol. The highest BCUT2D eigenvalue weighted by Crippen LogP contribution is 2.27. The van der Waals surface area contributed by atoms with Crippen LogP contribution in [0, 0.1) is 5.92 Å². The lowest BCUT2D eigenvalue weighted by Gasteiger charge is -2.30. The number of hydrogen-bond donors (Lipinski definition) is 2. The van der Waals surface area contributed by atoms with Crippen molar-refractivity contribution in [1.82, 2.24) is 4.90 Å². The summed E-state index contributed by atoms with van der Waals surface area (Å²) in [5.74, 6) is 0.412. The highest BCUT2D eigenvalue weighted by Gasteiger charge is 2.28. The fourth-order valence-corrected chi connectivity index (χ4v) is 2.85. The van der Waals surface area contributed by atoms with Crippen molar-refractivity contribution >= 4 is 11.6 Å². The molecule has 1 saturated carbocycles. The number of nitrogens with zero attached hydrogens (tertiary/aromatic N) is 1. The molecule has 0 bridgehead atoms. The minimum absolute atomic E-state index is 0.000833. The summed E-state index contributed by atoms with van der Waals surface area (Å²) < 4.78 is 0. The smallest absolute Gasteiger partial charge is 0.254 e. The van der Waals surface area contributed by atoms with Gasteiger partial charge in [0.05, 0.1) is 5.69 Å². The quantitative estimate of drug-likeness (QED) is 0.656. The summed E-state index contributed by atoms with van der Waals surface area (Å²) in [6, 6.07) is 5.09. The molecule has 0 aliphatic heterocycles. The first kappa shape index (κ1) is 14.7. The van der Waals surface area contributed by atoms with Gasteiger partial charge in [-0.1, -0.05) is 26.7 Å². The number of carbonyl (C=O) groups is 1. The van der Waals surface area contributed by atoms with Gasteiger partial charge in [0.2, 0.25) is 0 Å². The first-order chi connectivity index (χ1) is 9.49. The molecule has 110 valence electrons. The molecule has 4 nitrogen and oxygen atoms in total. The van der Waals surface area contributed by atoms with Crippen molar-refractivity contribution in [3.8, 4) is 5.75 Å². The second-order valence-corrected chi connectivity index (χ2v) is 6.06. The number of phenols is 1. The standard InChI is InChI=1S/C16H24N2O2/c1-11(2)10-18(13-5-3-4-6-13)16(20)12-7-8-14(17)15(19)9-12/h7-9,11,13,19H,3-6,10,17H2,1-2H3. The van der Waals surface area contributed by atoms with E-state index in [9.17, 15) is 9.90 Å². The van der Waals surface area contributed by atoms with Gasteiger partial charge in [0, 0.05) is 18.2 Å². The second-order valence-electron chi connectivity index (χ2n) is 6.06. The van der Waals surface area contributed by atoms with Gasteiger partial charge in [0.15, 0.2) is 0 Å². The Balaban J connectivity index is 2.22. The fourth-order valence-electron chi connectivity index (χ4n) is 2.85. The van der Waals surface area contributed by atoms with Crippen molar-refractivity contribution < 1.29 is 9.90 Å². The normalized spacial score (nSPS) is 15.8. The number of anilines is 1. The molecular weight excluding hydrogens is 252 g/mol. The van der Waals surface area contributed by atoms with Crippen LogP contribution in [0.3, 0.4) is 0 Å². The lowest BCUT2D eigenvalue weighted by molar-refractivity contribution is 0.0655. The average molecular weight is 276 g/mol. The Bertz CT molecular complexity index is 479. The van der Waals surface area contributed by atoms with E-state index in [1.807, 2.05) is 4.90 Å². The highest BCUT2D eigenvalue weighted by molar-refractivity contribution is 5.95. The van der Waals surface area contributed by atoms with Crippen molar-refractivity contribution in [2.24, 2.45) is 5.92 Å². The zero-order valence-corrected chi connectivity index (χ0v) is 12.3. The number of phenolic OH excluding ortho intramolecular Hbond substituents is 1. The molecule has 0 aromatic heterocycles. The van der Waals surface area contributed by atoms with Gasteiger partial charge in [-0.2, -0.15) is 0 Å². The molecule has 0 spiro atoms. The number of nitrogens with two attached hydrogens (primary N) is 1. The predicted octanol–water partition coefficient (Wildman–Crippen LogP) is 3.02. The molecular formula is C16H24N2O2. The summed E-state index contributed by atoms with van der Waals surface area (Å²) in [6.45, 7) is 5.00. The molecule has 3 N–H and O–H groups in total. The van der Waals surface area contributed by atoms with Gasteiger partial charge >= 0.3 is 0 Å². The largest absolute Gasteiger partial charge is 0.506 e. The molecule has 1 aromatic carbocycles. The van der Waals surface area contributed by atoms with Crippen molar-refractivity contribution in [3.63, 3.8) is 0 Å². The van der Waals surface area contributed by atoms with Crippen LogP contribution in [-0.2, 0) is 0 Å². The molecule has 2 rings (SSSR count). The number of amides is 1. The first-order valence-corrected chi connectivity index (χ1v) is 7.38. The van der Waals surface area contributed by atoms with Crippen molar-refractivity contribution in [3.05, 3.63) is 23.8 Å². The number of rotatable bonds is 4. The molecule has 1 amide bonds. The molecule has 0 atom stereocenters. The molecule has 0 unspecified atom stereocenters. The number of benzene rings is 1. The van der Waals surface area contributed by atoms with E-state index in [0.717, 1.165) is 19.4 Å². The highest BCUT2D eigenvalue weighted by atomic mass is 16.3. The molecule has 0 heterocycles. The van der Waals surface area contributed by atoms with E-state index in [0.29, 0.717) is 23.2 Å². The SMILES string of the molecule is CC(C)CN(C(=O)c1ccc(N)c(O)c1)C1CCCC1. The number of carbonyl (C=O) groups excluding carboxylic acids is 1. The summed E-state index contributed by atoms with van der Waals surface area (Å²) in [5.41, 5.74) is 6.41. The van der Waals surface area contributed by atoms with Crippen molar-refractivity contribution in [2.75, 3.05) is 12.3 Å². The van der Waals surface area contributed by atoms with Crippen molar-refractivity contribution in [1.29, 1.82) is 0 Å². The van der Waals surface area contributed by atoms with Crippen LogP contribution >= 0.6 is 0 Å². The van der Waals surface area contributed by atoms with Crippen LogP contribution in [0.1, 0.15) is 49.9 Å². The van der Waals surface area contributed by atoms with E-state index in [-0.39, 0.29) is 11.7 Å². The zero-order chi connectivity index (χ0) is 14.7. The summed E-state index contributed by atoms with van der Waals surface area (Å²) >= 11 is 0. The van der Waals surface area contributed by atoms with Crippen LogP contribution in [0.5, 0.6) is 5.75 Å². The van der Waals surface area contributed by atoms with E-state index in [2.05, 4.69) is 13.8 Å². The van der Waals surface area contributed by atoms with Gasteiger partial charge in [-0.15, -0.1) is 0 Å². The maximum Gasteiger partial charge on any atom is 0.254 e. The first-order valence-electron chi connectivity index (χ1n) is 7.38. The van der Waals surface area contributed by atoms with Gasteiger partial charge < -0.3 is 15.7 Å². The number of hydrogen-bond acceptors (Lipinski definition) is 3. The second kappa shape index (κ2) is 6.16. The Hall–Kier alpha value is -1.71. The average Bonchev–Trinajstić information content (AvgIpc) is 2.92. The lowest BCUT2D eigenvalue weighted by atomic mass is 10.1. The van der Waals surface area contributed by atoms with Gasteiger partial charge in [-0.25, -0.2) is 0 Å². The summed E-state index contributed by atoms with van der Waals surface area (Å²) in [4.78, 5) is 14.7. The van der Waals surface area contributed by atoms with Crippen molar-refractivity contribution in [2.45, 2.75) is 45.6 Å². The summed E-state index contributed by atoms with van der Waals surface area (Å²) in [6.07, 6.45) is 4.55. The van der Waals surface area contributed by atoms with E-state index in [4.69, 9.17) is 5.73 Å². The van der Waals surface area contributed by atoms with Crippen LogP contribution in [0.4, 0.5) is 5.69 Å². The minimum atomic E-state index is -0.0215. The van der Waals surface area contributed by atoms with E-state index < -0.39 is 0 Å².